The summed E-state index contributed by atoms with van der Waals surface area (Å²) < 4.78 is 40.6. The minimum Gasteiger partial charge on any atom is -0.320 e. The standard InChI is InChI=1S/C14H17FN2O2S2/c15-14-8-13(4-3-12(14)2-1-6-16)21(18,19)17-9-11-5-7-20-10-11/h3-4,8,11,17H,5-7,9-10,16H2. The summed E-state index contributed by atoms with van der Waals surface area (Å²) in [6.45, 7) is 0.520. The number of benzene rings is 1. The van der Waals surface area contributed by atoms with Crippen LogP contribution in [0.4, 0.5) is 4.39 Å². The van der Waals surface area contributed by atoms with Crippen LogP contribution in [0.1, 0.15) is 12.0 Å². The molecule has 1 aromatic carbocycles. The van der Waals surface area contributed by atoms with Gasteiger partial charge in [0.25, 0.3) is 0 Å². The number of sulfonamides is 1. The first-order chi connectivity index (χ1) is 10.0. The fraction of sp³-hybridized carbons (Fsp3) is 0.429. The Morgan fingerprint density at radius 3 is 2.90 bits per heavy atom. The minimum atomic E-state index is -3.68. The van der Waals surface area contributed by atoms with Crippen molar-refractivity contribution in [1.29, 1.82) is 0 Å². The number of hydrogen-bond acceptors (Lipinski definition) is 4. The second kappa shape index (κ2) is 7.27. The Morgan fingerprint density at radius 2 is 2.29 bits per heavy atom. The maximum atomic E-state index is 13.8. The van der Waals surface area contributed by atoms with Gasteiger partial charge in [-0.1, -0.05) is 11.8 Å². The molecule has 1 aromatic rings. The molecule has 3 N–H and O–H groups in total. The highest BCUT2D eigenvalue weighted by Gasteiger charge is 2.20. The highest BCUT2D eigenvalue weighted by atomic mass is 32.2. The zero-order chi connectivity index (χ0) is 15.3. The molecule has 1 aliphatic rings. The first-order valence-corrected chi connectivity index (χ1v) is 9.22. The molecule has 1 aliphatic heterocycles. The lowest BCUT2D eigenvalue weighted by Crippen LogP contribution is -2.29. The van der Waals surface area contributed by atoms with Gasteiger partial charge in [-0.2, -0.15) is 11.8 Å². The van der Waals surface area contributed by atoms with Gasteiger partial charge in [0.2, 0.25) is 10.0 Å². The van der Waals surface area contributed by atoms with E-state index in [2.05, 4.69) is 16.6 Å². The molecule has 1 saturated heterocycles. The Kier molecular flexibility index (Phi) is 5.65. The maximum absolute atomic E-state index is 13.8. The van der Waals surface area contributed by atoms with Crippen molar-refractivity contribution < 1.29 is 12.8 Å². The molecular weight excluding hydrogens is 311 g/mol. The monoisotopic (exact) mass is 328 g/mol. The summed E-state index contributed by atoms with van der Waals surface area (Å²) in [6.07, 6.45) is 1.01. The highest BCUT2D eigenvalue weighted by molar-refractivity contribution is 7.99. The van der Waals surface area contributed by atoms with Crippen LogP contribution in [0.5, 0.6) is 0 Å². The molecule has 1 unspecified atom stereocenters. The van der Waals surface area contributed by atoms with Gasteiger partial charge in [-0.25, -0.2) is 17.5 Å². The van der Waals surface area contributed by atoms with Crippen molar-refractivity contribution in [2.45, 2.75) is 11.3 Å². The molecule has 4 nitrogen and oxygen atoms in total. The lowest BCUT2D eigenvalue weighted by atomic mass is 10.1. The summed E-state index contributed by atoms with van der Waals surface area (Å²) in [5.74, 6) is 6.82. The number of thioether (sulfide) groups is 1. The molecule has 0 aromatic heterocycles. The molecule has 0 radical (unpaired) electrons. The van der Waals surface area contributed by atoms with Crippen molar-refractivity contribution in [3.63, 3.8) is 0 Å². The topological polar surface area (TPSA) is 72.2 Å². The first-order valence-electron chi connectivity index (χ1n) is 6.59. The number of hydrogen-bond donors (Lipinski definition) is 2. The largest absolute Gasteiger partial charge is 0.320 e. The Hall–Kier alpha value is -1.07. The molecular formula is C14H17FN2O2S2. The van der Waals surface area contributed by atoms with Crippen LogP contribution in [0, 0.1) is 23.6 Å². The van der Waals surface area contributed by atoms with E-state index in [9.17, 15) is 12.8 Å². The van der Waals surface area contributed by atoms with E-state index < -0.39 is 15.8 Å². The quantitative estimate of drug-likeness (QED) is 0.814. The fourth-order valence-electron chi connectivity index (χ4n) is 1.97. The van der Waals surface area contributed by atoms with E-state index >= 15 is 0 Å². The van der Waals surface area contributed by atoms with E-state index in [4.69, 9.17) is 5.73 Å². The van der Waals surface area contributed by atoms with E-state index in [1.807, 2.05) is 11.8 Å². The third kappa shape index (κ3) is 4.45. The van der Waals surface area contributed by atoms with Crippen LogP contribution >= 0.6 is 11.8 Å². The molecule has 1 heterocycles. The molecule has 1 fully saturated rings. The predicted octanol–water partition coefficient (Wildman–Crippen LogP) is 1.17. The van der Waals surface area contributed by atoms with Crippen LogP contribution in [0.25, 0.3) is 0 Å². The maximum Gasteiger partial charge on any atom is 0.240 e. The van der Waals surface area contributed by atoms with Crippen LogP contribution in [-0.4, -0.2) is 33.0 Å². The number of nitrogens with two attached hydrogens (primary N) is 1. The SMILES string of the molecule is NCC#Cc1ccc(S(=O)(=O)NCC2CCSC2)cc1F. The van der Waals surface area contributed by atoms with Gasteiger partial charge in [-0.05, 0) is 42.0 Å². The first kappa shape index (κ1) is 16.3. The third-order valence-electron chi connectivity index (χ3n) is 3.16. The number of halogens is 1. The lowest BCUT2D eigenvalue weighted by Gasteiger charge is -2.11. The van der Waals surface area contributed by atoms with E-state index in [1.54, 1.807) is 0 Å². The van der Waals surface area contributed by atoms with Gasteiger partial charge in [-0.3, -0.25) is 0 Å². The summed E-state index contributed by atoms with van der Waals surface area (Å²) in [6, 6.07) is 3.71. The normalized spacial score (nSPS) is 18.3. The van der Waals surface area contributed by atoms with Gasteiger partial charge < -0.3 is 5.73 Å². The molecule has 0 spiro atoms. The Morgan fingerprint density at radius 1 is 1.48 bits per heavy atom. The third-order valence-corrected chi connectivity index (χ3v) is 5.81. The minimum absolute atomic E-state index is 0.0797. The smallest absolute Gasteiger partial charge is 0.240 e. The molecule has 21 heavy (non-hydrogen) atoms. The lowest BCUT2D eigenvalue weighted by molar-refractivity contribution is 0.544. The van der Waals surface area contributed by atoms with E-state index in [-0.39, 0.29) is 17.0 Å². The second-order valence-corrected chi connectivity index (χ2v) is 7.65. The van der Waals surface area contributed by atoms with Gasteiger partial charge in [0.1, 0.15) is 5.82 Å². The van der Waals surface area contributed by atoms with Crippen LogP contribution in [0.15, 0.2) is 23.1 Å². The zero-order valence-corrected chi connectivity index (χ0v) is 13.1. The van der Waals surface area contributed by atoms with Crippen LogP contribution in [0.2, 0.25) is 0 Å². The summed E-state index contributed by atoms with van der Waals surface area (Å²) in [7, 11) is -3.68. The van der Waals surface area contributed by atoms with Crippen LogP contribution in [-0.2, 0) is 10.0 Å². The van der Waals surface area contributed by atoms with Gasteiger partial charge >= 0.3 is 0 Å². The molecule has 0 saturated carbocycles. The average molecular weight is 328 g/mol. The molecule has 0 bridgehead atoms. The van der Waals surface area contributed by atoms with E-state index in [0.717, 1.165) is 24.0 Å². The molecule has 0 aliphatic carbocycles. The van der Waals surface area contributed by atoms with Crippen molar-refractivity contribution in [3.8, 4) is 11.8 Å². The van der Waals surface area contributed by atoms with Crippen LogP contribution < -0.4 is 10.5 Å². The van der Waals surface area contributed by atoms with Gasteiger partial charge in [0.15, 0.2) is 0 Å². The van der Waals surface area contributed by atoms with Crippen LogP contribution in [0.3, 0.4) is 0 Å². The van der Waals surface area contributed by atoms with Crippen molar-refractivity contribution >= 4 is 21.8 Å². The van der Waals surface area contributed by atoms with Crippen molar-refractivity contribution in [3.05, 3.63) is 29.6 Å². The molecule has 2 rings (SSSR count). The number of nitrogens with one attached hydrogen (secondary N) is 1. The van der Waals surface area contributed by atoms with Gasteiger partial charge in [-0.15, -0.1) is 0 Å². The van der Waals surface area contributed by atoms with E-state index in [0.29, 0.717) is 12.5 Å². The van der Waals surface area contributed by atoms with Crippen molar-refractivity contribution in [1.82, 2.24) is 4.72 Å². The molecule has 1 atom stereocenters. The summed E-state index contributed by atoms with van der Waals surface area (Å²) >= 11 is 1.82. The fourth-order valence-corrected chi connectivity index (χ4v) is 4.38. The summed E-state index contributed by atoms with van der Waals surface area (Å²) in [5, 5.41) is 0. The number of rotatable bonds is 4. The van der Waals surface area contributed by atoms with Gasteiger partial charge in [0, 0.05) is 6.54 Å². The average Bonchev–Trinajstić information content (AvgIpc) is 2.97. The Labute approximate surface area is 128 Å². The van der Waals surface area contributed by atoms with Crippen molar-refractivity contribution in [2.75, 3.05) is 24.6 Å². The Bertz CT molecular complexity index is 659. The Balaban J connectivity index is 2.10. The molecule has 114 valence electrons. The highest BCUT2D eigenvalue weighted by Crippen LogP contribution is 2.23. The molecule has 0 amide bonds. The van der Waals surface area contributed by atoms with Gasteiger partial charge in [0.05, 0.1) is 17.0 Å². The van der Waals surface area contributed by atoms with E-state index in [1.165, 1.54) is 12.1 Å². The second-order valence-electron chi connectivity index (χ2n) is 4.73. The van der Waals surface area contributed by atoms with Crippen molar-refractivity contribution in [2.24, 2.45) is 11.7 Å². The summed E-state index contributed by atoms with van der Waals surface area (Å²) in [4.78, 5) is -0.0797. The zero-order valence-electron chi connectivity index (χ0n) is 11.4. The summed E-state index contributed by atoms with van der Waals surface area (Å²) in [5.41, 5.74) is 5.37. The predicted molar refractivity (Wildman–Crippen MR) is 83.0 cm³/mol. The molecule has 7 heteroatoms.